The second kappa shape index (κ2) is 9.66. The average Bonchev–Trinajstić information content (AvgIpc) is 3.46. The van der Waals surface area contributed by atoms with Gasteiger partial charge in [-0.15, -0.1) is 5.10 Å². The molecule has 8 nitrogen and oxygen atoms in total. The van der Waals surface area contributed by atoms with E-state index in [0.717, 1.165) is 27.8 Å². The first kappa shape index (κ1) is 22.8. The number of fused-ring (bicyclic) bond motifs is 1. The van der Waals surface area contributed by atoms with Crippen LogP contribution < -0.4 is 10.1 Å². The molecule has 0 radical (unpaired) electrons. The van der Waals surface area contributed by atoms with Crippen molar-refractivity contribution in [2.24, 2.45) is 0 Å². The SMILES string of the molecule is COc1ccc(C(CNC(=O)CSc2nnnn2C(C)(C)C)c2c[nH]c3ccccc23)cc1. The lowest BCUT2D eigenvalue weighted by Gasteiger charge is -2.20. The number of hydrogen-bond donors (Lipinski definition) is 2. The van der Waals surface area contributed by atoms with E-state index in [4.69, 9.17) is 4.74 Å². The molecule has 0 saturated carbocycles. The number of nitrogens with one attached hydrogen (secondary N) is 2. The Labute approximate surface area is 197 Å². The number of benzene rings is 2. The lowest BCUT2D eigenvalue weighted by molar-refractivity contribution is -0.118. The first-order chi connectivity index (χ1) is 15.9. The number of methoxy groups -OCH3 is 1. The van der Waals surface area contributed by atoms with E-state index in [1.807, 2.05) is 63.4 Å². The lowest BCUT2D eigenvalue weighted by Crippen LogP contribution is -2.30. The monoisotopic (exact) mass is 464 g/mol. The van der Waals surface area contributed by atoms with Crippen molar-refractivity contribution in [3.8, 4) is 5.75 Å². The molecular formula is C24H28N6O2S. The molecule has 9 heteroatoms. The van der Waals surface area contributed by atoms with Crippen molar-refractivity contribution in [1.29, 1.82) is 0 Å². The number of tetrazole rings is 1. The number of hydrogen-bond acceptors (Lipinski definition) is 6. The Morgan fingerprint density at radius 3 is 2.67 bits per heavy atom. The molecule has 1 amide bonds. The topological polar surface area (TPSA) is 97.7 Å². The summed E-state index contributed by atoms with van der Waals surface area (Å²) in [6.45, 7) is 6.54. The Balaban J connectivity index is 1.50. The third kappa shape index (κ3) is 5.19. The molecule has 1 atom stereocenters. The number of para-hydroxylation sites is 1. The third-order valence-corrected chi connectivity index (χ3v) is 6.35. The van der Waals surface area contributed by atoms with Gasteiger partial charge < -0.3 is 15.0 Å². The van der Waals surface area contributed by atoms with Gasteiger partial charge in [0.1, 0.15) is 5.75 Å². The van der Waals surface area contributed by atoms with Crippen LogP contribution in [0.1, 0.15) is 37.8 Å². The average molecular weight is 465 g/mol. The summed E-state index contributed by atoms with van der Waals surface area (Å²) in [7, 11) is 1.65. The van der Waals surface area contributed by atoms with Crippen LogP contribution in [0.3, 0.4) is 0 Å². The van der Waals surface area contributed by atoms with Gasteiger partial charge in [-0.1, -0.05) is 42.1 Å². The van der Waals surface area contributed by atoms with Crippen LogP contribution in [0.5, 0.6) is 5.75 Å². The normalized spacial score (nSPS) is 12.6. The summed E-state index contributed by atoms with van der Waals surface area (Å²) in [5, 5.41) is 16.7. The minimum atomic E-state index is -0.253. The van der Waals surface area contributed by atoms with Crippen molar-refractivity contribution in [3.05, 3.63) is 65.9 Å². The van der Waals surface area contributed by atoms with Crippen LogP contribution in [0.2, 0.25) is 0 Å². The molecular weight excluding hydrogens is 436 g/mol. The van der Waals surface area contributed by atoms with Crippen molar-refractivity contribution in [3.63, 3.8) is 0 Å². The fraction of sp³-hybridized carbons (Fsp3) is 0.333. The quantitative estimate of drug-likeness (QED) is 0.383. The minimum absolute atomic E-state index is 0.0131. The van der Waals surface area contributed by atoms with Gasteiger partial charge in [-0.05, 0) is 60.5 Å². The fourth-order valence-electron chi connectivity index (χ4n) is 3.71. The van der Waals surface area contributed by atoms with Crippen LogP contribution in [-0.2, 0) is 10.3 Å². The van der Waals surface area contributed by atoms with Crippen molar-refractivity contribution in [2.75, 3.05) is 19.4 Å². The van der Waals surface area contributed by atoms with Crippen LogP contribution in [0, 0.1) is 0 Å². The molecule has 2 aromatic carbocycles. The molecule has 2 aromatic heterocycles. The zero-order valence-electron chi connectivity index (χ0n) is 19.2. The van der Waals surface area contributed by atoms with Crippen molar-refractivity contribution in [1.82, 2.24) is 30.5 Å². The molecule has 2 heterocycles. The van der Waals surface area contributed by atoms with Gasteiger partial charge in [-0.2, -0.15) is 0 Å². The number of ether oxygens (including phenoxy) is 1. The molecule has 0 spiro atoms. The van der Waals surface area contributed by atoms with Crippen LogP contribution in [0.15, 0.2) is 59.9 Å². The summed E-state index contributed by atoms with van der Waals surface area (Å²) in [6, 6.07) is 16.2. The summed E-state index contributed by atoms with van der Waals surface area (Å²) in [5.74, 6) is 0.954. The molecule has 4 aromatic rings. The van der Waals surface area contributed by atoms with Gasteiger partial charge in [0, 0.05) is 29.6 Å². The Morgan fingerprint density at radius 2 is 1.94 bits per heavy atom. The van der Waals surface area contributed by atoms with E-state index in [2.05, 4.69) is 38.0 Å². The van der Waals surface area contributed by atoms with E-state index >= 15 is 0 Å². The fourth-order valence-corrected chi connectivity index (χ4v) is 4.60. The zero-order chi connectivity index (χ0) is 23.4. The second-order valence-corrected chi connectivity index (χ2v) is 9.69. The van der Waals surface area contributed by atoms with Gasteiger partial charge in [0.2, 0.25) is 11.1 Å². The molecule has 0 saturated heterocycles. The summed E-state index contributed by atoms with van der Waals surface area (Å²) in [5.41, 5.74) is 3.06. The summed E-state index contributed by atoms with van der Waals surface area (Å²) in [6.07, 6.45) is 2.03. The number of aromatic amines is 1. The Bertz CT molecular complexity index is 1230. The standard InChI is InChI=1S/C24H28N6O2S/c1-24(2,3)30-23(27-28-29-30)33-15-22(31)26-13-19(16-9-11-17(32-4)12-10-16)20-14-25-21-8-6-5-7-18(20)21/h5-12,14,19,25H,13,15H2,1-4H3,(H,26,31). The minimum Gasteiger partial charge on any atom is -0.497 e. The highest BCUT2D eigenvalue weighted by atomic mass is 32.2. The molecule has 4 rings (SSSR count). The van der Waals surface area contributed by atoms with E-state index in [1.165, 1.54) is 11.8 Å². The number of rotatable bonds is 8. The van der Waals surface area contributed by atoms with Crippen LogP contribution >= 0.6 is 11.8 Å². The zero-order valence-corrected chi connectivity index (χ0v) is 20.0. The van der Waals surface area contributed by atoms with Crippen LogP contribution in [0.4, 0.5) is 0 Å². The number of H-pyrrole nitrogens is 1. The number of thioether (sulfide) groups is 1. The first-order valence-corrected chi connectivity index (χ1v) is 11.7. The Morgan fingerprint density at radius 1 is 1.18 bits per heavy atom. The maximum absolute atomic E-state index is 12.7. The van der Waals surface area contributed by atoms with Crippen LogP contribution in [0.25, 0.3) is 10.9 Å². The summed E-state index contributed by atoms with van der Waals surface area (Å²) >= 11 is 1.33. The molecule has 0 fully saturated rings. The molecule has 2 N–H and O–H groups in total. The number of carbonyl (C=O) groups is 1. The molecule has 172 valence electrons. The lowest BCUT2D eigenvalue weighted by atomic mass is 9.91. The largest absolute Gasteiger partial charge is 0.497 e. The summed E-state index contributed by atoms with van der Waals surface area (Å²) < 4.78 is 7.05. The predicted octanol–water partition coefficient (Wildman–Crippen LogP) is 3.96. The molecule has 1 unspecified atom stereocenters. The number of amides is 1. The highest BCUT2D eigenvalue weighted by molar-refractivity contribution is 7.99. The molecule has 0 aliphatic heterocycles. The van der Waals surface area contributed by atoms with Gasteiger partial charge in [0.25, 0.3) is 0 Å². The smallest absolute Gasteiger partial charge is 0.230 e. The maximum atomic E-state index is 12.7. The van der Waals surface area contributed by atoms with E-state index in [-0.39, 0.29) is 23.1 Å². The van der Waals surface area contributed by atoms with Gasteiger partial charge in [-0.25, -0.2) is 4.68 Å². The van der Waals surface area contributed by atoms with Crippen molar-refractivity contribution < 1.29 is 9.53 Å². The molecule has 33 heavy (non-hydrogen) atoms. The molecule has 0 aliphatic rings. The van der Waals surface area contributed by atoms with E-state index in [1.54, 1.807) is 11.8 Å². The number of aromatic nitrogens is 5. The van der Waals surface area contributed by atoms with E-state index < -0.39 is 0 Å². The first-order valence-electron chi connectivity index (χ1n) is 10.7. The van der Waals surface area contributed by atoms with Gasteiger partial charge in [0.15, 0.2) is 0 Å². The third-order valence-electron chi connectivity index (χ3n) is 5.43. The number of nitrogens with zero attached hydrogens (tertiary/aromatic N) is 4. The van der Waals surface area contributed by atoms with E-state index in [0.29, 0.717) is 11.7 Å². The van der Waals surface area contributed by atoms with Crippen molar-refractivity contribution >= 4 is 28.6 Å². The highest BCUT2D eigenvalue weighted by Crippen LogP contribution is 2.31. The van der Waals surface area contributed by atoms with E-state index in [9.17, 15) is 4.79 Å². The predicted molar refractivity (Wildman–Crippen MR) is 130 cm³/mol. The number of carbonyl (C=O) groups excluding carboxylic acids is 1. The second-order valence-electron chi connectivity index (χ2n) is 8.75. The van der Waals surface area contributed by atoms with Crippen LogP contribution in [-0.4, -0.2) is 50.5 Å². The van der Waals surface area contributed by atoms with Gasteiger partial charge >= 0.3 is 0 Å². The van der Waals surface area contributed by atoms with Gasteiger partial charge in [0.05, 0.1) is 18.4 Å². The van der Waals surface area contributed by atoms with Gasteiger partial charge in [-0.3, -0.25) is 4.79 Å². The Hall–Kier alpha value is -3.33. The highest BCUT2D eigenvalue weighted by Gasteiger charge is 2.22. The van der Waals surface area contributed by atoms with Crippen molar-refractivity contribution in [2.45, 2.75) is 37.4 Å². The molecule has 0 bridgehead atoms. The molecule has 0 aliphatic carbocycles. The summed E-state index contributed by atoms with van der Waals surface area (Å²) in [4.78, 5) is 16.1. The maximum Gasteiger partial charge on any atom is 0.230 e. The Kier molecular flexibility index (Phi) is 6.69.